The number of benzene rings is 2. The molecule has 0 unspecified atom stereocenters. The summed E-state index contributed by atoms with van der Waals surface area (Å²) in [6.07, 6.45) is 0.114. The number of amides is 1. The van der Waals surface area contributed by atoms with Gasteiger partial charge in [-0.05, 0) is 62.7 Å². The highest BCUT2D eigenvalue weighted by Crippen LogP contribution is 2.24. The first-order valence-electron chi connectivity index (χ1n) is 9.20. The zero-order valence-electron chi connectivity index (χ0n) is 16.7. The monoisotopic (exact) mass is 401 g/mol. The van der Waals surface area contributed by atoms with Crippen LogP contribution in [0.3, 0.4) is 0 Å². The van der Waals surface area contributed by atoms with E-state index < -0.39 is 17.7 Å². The molecule has 1 aromatic heterocycles. The highest BCUT2D eigenvalue weighted by molar-refractivity contribution is 5.79. The van der Waals surface area contributed by atoms with Crippen LogP contribution in [-0.2, 0) is 11.2 Å². The van der Waals surface area contributed by atoms with E-state index in [0.29, 0.717) is 16.9 Å². The third kappa shape index (κ3) is 4.18. The lowest BCUT2D eigenvalue weighted by atomic mass is 10.0. The number of halogens is 3. The molecule has 0 aliphatic rings. The van der Waals surface area contributed by atoms with Gasteiger partial charge in [0.25, 0.3) is 0 Å². The van der Waals surface area contributed by atoms with Crippen molar-refractivity contribution in [2.75, 3.05) is 7.05 Å². The zero-order chi connectivity index (χ0) is 21.3. The van der Waals surface area contributed by atoms with Gasteiger partial charge < -0.3 is 4.90 Å². The Labute approximate surface area is 167 Å². The molecule has 3 rings (SSSR count). The van der Waals surface area contributed by atoms with E-state index in [1.165, 1.54) is 23.1 Å². The number of hydrogen-bond donors (Lipinski definition) is 0. The number of carbonyl (C=O) groups is 1. The molecule has 1 heterocycles. The summed E-state index contributed by atoms with van der Waals surface area (Å²) < 4.78 is 41.6. The number of aryl methyl sites for hydroxylation is 1. The normalized spacial score (nSPS) is 12.1. The van der Waals surface area contributed by atoms with Gasteiger partial charge in [-0.25, -0.2) is 17.9 Å². The van der Waals surface area contributed by atoms with Gasteiger partial charge in [0.05, 0.1) is 23.8 Å². The lowest BCUT2D eigenvalue weighted by Crippen LogP contribution is -2.31. The summed E-state index contributed by atoms with van der Waals surface area (Å²) in [5.41, 5.74) is 3.48. The SMILES string of the molecule is Cc1nn(-c2ccc(F)cc2)c(C)c1CC(=O)N(C)[C@H](C)c1ccc(F)c(F)c1. The van der Waals surface area contributed by atoms with Crippen LogP contribution in [0, 0.1) is 31.3 Å². The number of carbonyl (C=O) groups excluding carboxylic acids is 1. The predicted octanol–water partition coefficient (Wildman–Crippen LogP) is 4.67. The lowest BCUT2D eigenvalue weighted by Gasteiger charge is -2.25. The molecule has 152 valence electrons. The molecule has 0 spiro atoms. The minimum absolute atomic E-state index is 0.114. The van der Waals surface area contributed by atoms with Crippen LogP contribution in [0.25, 0.3) is 5.69 Å². The van der Waals surface area contributed by atoms with E-state index in [0.717, 1.165) is 23.4 Å². The first-order valence-corrected chi connectivity index (χ1v) is 9.20. The van der Waals surface area contributed by atoms with Crippen LogP contribution in [0.1, 0.15) is 35.5 Å². The van der Waals surface area contributed by atoms with Gasteiger partial charge in [-0.3, -0.25) is 4.79 Å². The van der Waals surface area contributed by atoms with E-state index in [4.69, 9.17) is 0 Å². The van der Waals surface area contributed by atoms with Gasteiger partial charge in [0.2, 0.25) is 5.91 Å². The fourth-order valence-electron chi connectivity index (χ4n) is 3.25. The van der Waals surface area contributed by atoms with E-state index in [2.05, 4.69) is 5.10 Å². The van der Waals surface area contributed by atoms with Gasteiger partial charge in [0.15, 0.2) is 11.6 Å². The van der Waals surface area contributed by atoms with Crippen LogP contribution >= 0.6 is 0 Å². The second-order valence-electron chi connectivity index (χ2n) is 7.07. The topological polar surface area (TPSA) is 38.1 Å². The van der Waals surface area contributed by atoms with Gasteiger partial charge in [-0.1, -0.05) is 6.07 Å². The summed E-state index contributed by atoms with van der Waals surface area (Å²) in [6, 6.07) is 9.16. The van der Waals surface area contributed by atoms with E-state index in [1.807, 2.05) is 13.8 Å². The zero-order valence-corrected chi connectivity index (χ0v) is 16.7. The minimum atomic E-state index is -0.942. The van der Waals surface area contributed by atoms with E-state index >= 15 is 0 Å². The Bertz CT molecular complexity index is 1040. The van der Waals surface area contributed by atoms with E-state index in [-0.39, 0.29) is 18.1 Å². The quantitative estimate of drug-likeness (QED) is 0.623. The van der Waals surface area contributed by atoms with Crippen molar-refractivity contribution in [3.63, 3.8) is 0 Å². The van der Waals surface area contributed by atoms with Crippen molar-refractivity contribution in [2.45, 2.75) is 33.2 Å². The first-order chi connectivity index (χ1) is 13.7. The third-order valence-electron chi connectivity index (χ3n) is 5.24. The van der Waals surface area contributed by atoms with Gasteiger partial charge in [0.1, 0.15) is 5.82 Å². The Morgan fingerprint density at radius 1 is 1.07 bits per heavy atom. The van der Waals surface area contributed by atoms with Crippen LogP contribution in [0.5, 0.6) is 0 Å². The van der Waals surface area contributed by atoms with E-state index in [9.17, 15) is 18.0 Å². The molecule has 0 aliphatic carbocycles. The van der Waals surface area contributed by atoms with Crippen LogP contribution < -0.4 is 0 Å². The molecule has 0 N–H and O–H groups in total. The van der Waals surface area contributed by atoms with Gasteiger partial charge in [0, 0.05) is 18.3 Å². The van der Waals surface area contributed by atoms with Crippen molar-refractivity contribution in [1.29, 1.82) is 0 Å². The van der Waals surface area contributed by atoms with E-state index in [1.54, 1.807) is 30.8 Å². The van der Waals surface area contributed by atoms with Crippen molar-refractivity contribution in [3.05, 3.63) is 82.4 Å². The van der Waals surface area contributed by atoms with Gasteiger partial charge in [-0.15, -0.1) is 0 Å². The average Bonchev–Trinajstić information content (AvgIpc) is 2.97. The fourth-order valence-corrected chi connectivity index (χ4v) is 3.25. The molecule has 0 fully saturated rings. The average molecular weight is 401 g/mol. The van der Waals surface area contributed by atoms with Crippen LogP contribution in [0.4, 0.5) is 13.2 Å². The van der Waals surface area contributed by atoms with Gasteiger partial charge in [-0.2, -0.15) is 5.10 Å². The van der Waals surface area contributed by atoms with Crippen LogP contribution in [0.2, 0.25) is 0 Å². The largest absolute Gasteiger partial charge is 0.339 e. The second-order valence-corrected chi connectivity index (χ2v) is 7.07. The molecule has 2 aromatic carbocycles. The molecule has 0 aliphatic heterocycles. The smallest absolute Gasteiger partial charge is 0.227 e. The Hall–Kier alpha value is -3.09. The van der Waals surface area contributed by atoms with Crippen molar-refractivity contribution in [3.8, 4) is 5.69 Å². The maximum absolute atomic E-state index is 13.5. The summed E-state index contributed by atoms with van der Waals surface area (Å²) in [4.78, 5) is 14.3. The molecular formula is C22H22F3N3O. The summed E-state index contributed by atoms with van der Waals surface area (Å²) in [6.45, 7) is 5.42. The first kappa shape index (κ1) is 20.6. The molecule has 7 heteroatoms. The number of nitrogens with zero attached hydrogens (tertiary/aromatic N) is 3. The number of rotatable bonds is 5. The van der Waals surface area contributed by atoms with Crippen LogP contribution in [-0.4, -0.2) is 27.6 Å². The highest BCUT2D eigenvalue weighted by atomic mass is 19.2. The van der Waals surface area contributed by atoms with Crippen molar-refractivity contribution >= 4 is 5.91 Å². The van der Waals surface area contributed by atoms with Crippen molar-refractivity contribution in [1.82, 2.24) is 14.7 Å². The Morgan fingerprint density at radius 3 is 2.34 bits per heavy atom. The predicted molar refractivity (Wildman–Crippen MR) is 104 cm³/mol. The molecule has 0 saturated carbocycles. The molecule has 29 heavy (non-hydrogen) atoms. The van der Waals surface area contributed by atoms with Crippen LogP contribution in [0.15, 0.2) is 42.5 Å². The lowest BCUT2D eigenvalue weighted by molar-refractivity contribution is -0.131. The van der Waals surface area contributed by atoms with Crippen molar-refractivity contribution < 1.29 is 18.0 Å². The molecule has 0 radical (unpaired) electrons. The second kappa shape index (κ2) is 8.11. The molecule has 0 saturated heterocycles. The fraction of sp³-hybridized carbons (Fsp3) is 0.273. The third-order valence-corrected chi connectivity index (χ3v) is 5.24. The minimum Gasteiger partial charge on any atom is -0.339 e. The molecule has 3 aromatic rings. The Morgan fingerprint density at radius 2 is 1.72 bits per heavy atom. The molecular weight excluding hydrogens is 379 g/mol. The molecule has 1 atom stereocenters. The summed E-state index contributed by atoms with van der Waals surface area (Å²) in [7, 11) is 1.63. The van der Waals surface area contributed by atoms with Gasteiger partial charge >= 0.3 is 0 Å². The Balaban J connectivity index is 1.81. The number of likely N-dealkylation sites (N-methyl/N-ethyl adjacent to an activating group) is 1. The molecule has 1 amide bonds. The summed E-state index contributed by atoms with van der Waals surface area (Å²) >= 11 is 0. The molecule has 0 bridgehead atoms. The molecule has 4 nitrogen and oxygen atoms in total. The maximum Gasteiger partial charge on any atom is 0.227 e. The standard InChI is InChI=1S/C22H22F3N3O/c1-13-19(15(3)28(26-13)18-8-6-17(23)7-9-18)12-22(29)27(4)14(2)16-5-10-20(24)21(25)11-16/h5-11,14H,12H2,1-4H3/t14-/m1/s1. The summed E-state index contributed by atoms with van der Waals surface area (Å²) in [5.74, 6) is -2.37. The summed E-state index contributed by atoms with van der Waals surface area (Å²) in [5, 5.41) is 4.48. The maximum atomic E-state index is 13.5. The highest BCUT2D eigenvalue weighted by Gasteiger charge is 2.22. The number of hydrogen-bond acceptors (Lipinski definition) is 2. The number of aromatic nitrogens is 2. The Kier molecular flexibility index (Phi) is 5.77. The van der Waals surface area contributed by atoms with Crippen molar-refractivity contribution in [2.24, 2.45) is 0 Å².